The molecular formula is C26H31N3O5S. The zero-order valence-electron chi connectivity index (χ0n) is 20.1. The largest absolute Gasteiger partial charge is 0.371 e. The number of anilines is 1. The average molecular weight is 498 g/mol. The Hall–Kier alpha value is -3.20. The zero-order valence-corrected chi connectivity index (χ0v) is 20.9. The minimum Gasteiger partial charge on any atom is -0.371 e. The molecule has 0 atom stereocenters. The second-order valence-corrected chi connectivity index (χ2v) is 11.4. The van der Waals surface area contributed by atoms with Crippen LogP contribution in [0, 0.1) is 6.92 Å². The van der Waals surface area contributed by atoms with Crippen LogP contribution in [0.5, 0.6) is 0 Å². The lowest BCUT2D eigenvalue weighted by Crippen LogP contribution is -2.44. The van der Waals surface area contributed by atoms with Crippen LogP contribution in [0.3, 0.4) is 0 Å². The first-order chi connectivity index (χ1) is 16.7. The Kier molecular flexibility index (Phi) is 7.25. The van der Waals surface area contributed by atoms with E-state index in [1.165, 1.54) is 4.90 Å². The highest BCUT2D eigenvalue weighted by Gasteiger charge is 2.35. The van der Waals surface area contributed by atoms with Gasteiger partial charge in [-0.15, -0.1) is 0 Å². The molecule has 1 saturated heterocycles. The number of carbonyl (C=O) groups is 3. The van der Waals surface area contributed by atoms with E-state index in [9.17, 15) is 22.8 Å². The predicted octanol–water partition coefficient (Wildman–Crippen LogP) is 2.95. The van der Waals surface area contributed by atoms with E-state index in [-0.39, 0.29) is 42.5 Å². The van der Waals surface area contributed by atoms with Gasteiger partial charge in [-0.25, -0.2) is 8.42 Å². The van der Waals surface area contributed by atoms with Crippen LogP contribution in [0.15, 0.2) is 47.4 Å². The van der Waals surface area contributed by atoms with Crippen molar-refractivity contribution in [2.45, 2.75) is 50.5 Å². The first-order valence-electron chi connectivity index (χ1n) is 12.0. The molecule has 9 heteroatoms. The number of imide groups is 1. The predicted molar refractivity (Wildman–Crippen MR) is 133 cm³/mol. The van der Waals surface area contributed by atoms with Crippen molar-refractivity contribution < 1.29 is 22.8 Å². The van der Waals surface area contributed by atoms with Crippen molar-refractivity contribution in [2.24, 2.45) is 0 Å². The number of nitrogens with one attached hydrogen (secondary N) is 1. The van der Waals surface area contributed by atoms with Gasteiger partial charge in [0.15, 0.2) is 9.84 Å². The molecule has 2 aliphatic rings. The molecular weight excluding hydrogens is 466 g/mol. The standard InChI is InChI=1S/C26H31N3O5S/c1-3-35(33,34)21-9-7-20(8-10-21)28-15-12-19(13-16-28)27-24(30)5-4-14-29-25(31)22-11-6-18(2)17-23(22)26(29)32/h6-11,17,19H,3-5,12-16H2,1-2H3,(H,27,30). The summed E-state index contributed by atoms with van der Waals surface area (Å²) in [5, 5.41) is 3.07. The fraction of sp³-hybridized carbons (Fsp3) is 0.423. The number of aryl methyl sites for hydroxylation is 1. The lowest BCUT2D eigenvalue weighted by molar-refractivity contribution is -0.122. The summed E-state index contributed by atoms with van der Waals surface area (Å²) in [5.74, 6) is -0.583. The highest BCUT2D eigenvalue weighted by molar-refractivity contribution is 7.91. The topological polar surface area (TPSA) is 104 Å². The van der Waals surface area contributed by atoms with Crippen molar-refractivity contribution in [2.75, 3.05) is 30.3 Å². The third kappa shape index (κ3) is 5.40. The molecule has 3 amide bonds. The van der Waals surface area contributed by atoms with Crippen molar-refractivity contribution in [3.8, 4) is 0 Å². The molecule has 186 valence electrons. The fourth-order valence-electron chi connectivity index (χ4n) is 4.62. The van der Waals surface area contributed by atoms with E-state index in [4.69, 9.17) is 0 Å². The minimum atomic E-state index is -3.21. The fourth-order valence-corrected chi connectivity index (χ4v) is 5.50. The maximum Gasteiger partial charge on any atom is 0.261 e. The summed E-state index contributed by atoms with van der Waals surface area (Å²) in [4.78, 5) is 41.3. The lowest BCUT2D eigenvalue weighted by atomic mass is 10.0. The lowest BCUT2D eigenvalue weighted by Gasteiger charge is -2.34. The molecule has 2 aromatic rings. The number of hydrogen-bond acceptors (Lipinski definition) is 6. The summed E-state index contributed by atoms with van der Waals surface area (Å²) in [6, 6.07) is 12.3. The van der Waals surface area contributed by atoms with Crippen LogP contribution < -0.4 is 10.2 Å². The number of amides is 3. The smallest absolute Gasteiger partial charge is 0.261 e. The van der Waals surface area contributed by atoms with Crippen molar-refractivity contribution in [1.29, 1.82) is 0 Å². The van der Waals surface area contributed by atoms with Crippen LogP contribution in [0.2, 0.25) is 0 Å². The Bertz CT molecular complexity index is 1230. The van der Waals surface area contributed by atoms with E-state index in [2.05, 4.69) is 10.2 Å². The highest BCUT2D eigenvalue weighted by atomic mass is 32.2. The van der Waals surface area contributed by atoms with Crippen molar-refractivity contribution in [3.05, 3.63) is 59.2 Å². The number of sulfone groups is 1. The quantitative estimate of drug-likeness (QED) is 0.563. The maximum absolute atomic E-state index is 12.6. The monoisotopic (exact) mass is 497 g/mol. The number of hydrogen-bond donors (Lipinski definition) is 1. The van der Waals surface area contributed by atoms with E-state index >= 15 is 0 Å². The third-order valence-corrected chi connectivity index (χ3v) is 8.46. The molecule has 2 heterocycles. The van der Waals surface area contributed by atoms with Crippen LogP contribution in [0.25, 0.3) is 0 Å². The van der Waals surface area contributed by atoms with Gasteiger partial charge in [0.2, 0.25) is 5.91 Å². The molecule has 2 aromatic carbocycles. The number of rotatable bonds is 8. The van der Waals surface area contributed by atoms with Gasteiger partial charge in [0.25, 0.3) is 11.8 Å². The summed E-state index contributed by atoms with van der Waals surface area (Å²) in [6.45, 7) is 5.26. The molecule has 8 nitrogen and oxygen atoms in total. The molecule has 1 N–H and O–H groups in total. The molecule has 4 rings (SSSR count). The van der Waals surface area contributed by atoms with Crippen LogP contribution in [0.4, 0.5) is 5.69 Å². The second kappa shape index (κ2) is 10.2. The van der Waals surface area contributed by atoms with Gasteiger partial charge in [-0.2, -0.15) is 0 Å². The van der Waals surface area contributed by atoms with Crippen molar-refractivity contribution in [1.82, 2.24) is 10.2 Å². The van der Waals surface area contributed by atoms with Crippen LogP contribution in [0.1, 0.15) is 58.9 Å². The van der Waals surface area contributed by atoms with Gasteiger partial charge in [0, 0.05) is 37.8 Å². The molecule has 0 spiro atoms. The van der Waals surface area contributed by atoms with Crippen LogP contribution >= 0.6 is 0 Å². The zero-order chi connectivity index (χ0) is 25.2. The third-order valence-electron chi connectivity index (χ3n) is 6.71. The van der Waals surface area contributed by atoms with Gasteiger partial charge in [0.1, 0.15) is 0 Å². The summed E-state index contributed by atoms with van der Waals surface area (Å²) >= 11 is 0. The van der Waals surface area contributed by atoms with E-state index in [0.29, 0.717) is 22.4 Å². The average Bonchev–Trinajstić information content (AvgIpc) is 3.08. The van der Waals surface area contributed by atoms with Gasteiger partial charge in [-0.3, -0.25) is 19.3 Å². The maximum atomic E-state index is 12.6. The van der Waals surface area contributed by atoms with E-state index in [1.807, 2.05) is 25.1 Å². The number of carbonyl (C=O) groups excluding carboxylic acids is 3. The molecule has 0 bridgehead atoms. The van der Waals surface area contributed by atoms with Crippen molar-refractivity contribution in [3.63, 3.8) is 0 Å². The molecule has 0 saturated carbocycles. The SMILES string of the molecule is CCS(=O)(=O)c1ccc(N2CCC(NC(=O)CCCN3C(=O)c4ccc(C)cc4C3=O)CC2)cc1. The number of nitrogens with zero attached hydrogens (tertiary/aromatic N) is 2. The van der Waals surface area contributed by atoms with Gasteiger partial charge in [0.05, 0.1) is 21.8 Å². The molecule has 0 radical (unpaired) electrons. The van der Waals surface area contributed by atoms with Gasteiger partial charge in [-0.05, 0) is 62.6 Å². The molecule has 0 aliphatic carbocycles. The van der Waals surface area contributed by atoms with E-state index < -0.39 is 9.84 Å². The van der Waals surface area contributed by atoms with Gasteiger partial charge in [-0.1, -0.05) is 18.6 Å². The van der Waals surface area contributed by atoms with Crippen molar-refractivity contribution >= 4 is 33.2 Å². The molecule has 1 fully saturated rings. The first kappa shape index (κ1) is 24.9. The summed E-state index contributed by atoms with van der Waals surface area (Å²) in [7, 11) is -3.21. The Balaban J connectivity index is 1.21. The molecule has 0 unspecified atom stereocenters. The number of fused-ring (bicyclic) bond motifs is 1. The van der Waals surface area contributed by atoms with Crippen LogP contribution in [-0.2, 0) is 14.6 Å². The van der Waals surface area contributed by atoms with Crippen LogP contribution in [-0.4, -0.2) is 62.5 Å². The summed E-state index contributed by atoms with van der Waals surface area (Å²) in [6.07, 6.45) is 2.25. The first-order valence-corrected chi connectivity index (χ1v) is 13.7. The Morgan fingerprint density at radius 3 is 2.31 bits per heavy atom. The van der Waals surface area contributed by atoms with E-state index in [1.54, 1.807) is 31.2 Å². The minimum absolute atomic E-state index is 0.0702. The highest BCUT2D eigenvalue weighted by Crippen LogP contribution is 2.25. The van der Waals surface area contributed by atoms with Gasteiger partial charge >= 0.3 is 0 Å². The second-order valence-electron chi connectivity index (χ2n) is 9.14. The Morgan fingerprint density at radius 2 is 1.66 bits per heavy atom. The molecule has 0 aromatic heterocycles. The number of piperidine rings is 1. The van der Waals surface area contributed by atoms with Gasteiger partial charge < -0.3 is 10.2 Å². The Labute approximate surface area is 206 Å². The summed E-state index contributed by atoms with van der Waals surface area (Å²) in [5.41, 5.74) is 2.77. The normalized spacial score (nSPS) is 16.5. The van der Waals surface area contributed by atoms with E-state index in [0.717, 1.165) is 37.2 Å². The molecule has 2 aliphatic heterocycles. The Morgan fingerprint density at radius 1 is 1.00 bits per heavy atom. The number of benzene rings is 2. The molecule has 35 heavy (non-hydrogen) atoms. The summed E-state index contributed by atoms with van der Waals surface area (Å²) < 4.78 is 24.0.